The van der Waals surface area contributed by atoms with Crippen molar-refractivity contribution in [2.24, 2.45) is 0 Å². The molecule has 11 nitrogen and oxygen atoms in total. The van der Waals surface area contributed by atoms with Gasteiger partial charge < -0.3 is 25.3 Å². The first-order chi connectivity index (χ1) is 18.4. The Morgan fingerprint density at radius 1 is 1.16 bits per heavy atom. The molecule has 1 aliphatic rings. The van der Waals surface area contributed by atoms with Crippen molar-refractivity contribution in [3.8, 4) is 10.4 Å². The smallest absolute Gasteiger partial charge is 0.266 e. The number of morpholine rings is 1. The fourth-order valence-corrected chi connectivity index (χ4v) is 5.23. The molecular formula is C26H29N7O4S. The number of hydrogen-bond donors (Lipinski definition) is 4. The van der Waals surface area contributed by atoms with E-state index in [0.717, 1.165) is 23.5 Å². The highest BCUT2D eigenvalue weighted by Gasteiger charge is 2.23. The maximum atomic E-state index is 13.1. The monoisotopic (exact) mass is 535 g/mol. The van der Waals surface area contributed by atoms with Gasteiger partial charge in [-0.25, -0.2) is 0 Å². The minimum absolute atomic E-state index is 0.0404. The Bertz CT molecular complexity index is 1450. The minimum atomic E-state index is -0.333. The first-order valence-corrected chi connectivity index (χ1v) is 13.2. The number of aromatic nitrogens is 3. The summed E-state index contributed by atoms with van der Waals surface area (Å²) in [5, 5.41) is 13.1. The van der Waals surface area contributed by atoms with Crippen molar-refractivity contribution in [3.05, 3.63) is 53.2 Å². The average molecular weight is 536 g/mol. The number of amides is 3. The fraction of sp³-hybridized carbons (Fsp3) is 0.308. The van der Waals surface area contributed by atoms with Crippen LogP contribution in [0.2, 0.25) is 0 Å². The number of nitrogens with one attached hydrogen (secondary N) is 4. The van der Waals surface area contributed by atoms with Gasteiger partial charge in [0.2, 0.25) is 5.91 Å². The quantitative estimate of drug-likeness (QED) is 0.274. The van der Waals surface area contributed by atoms with Gasteiger partial charge >= 0.3 is 0 Å². The van der Waals surface area contributed by atoms with Crippen LogP contribution in [0.3, 0.4) is 0 Å². The molecule has 3 aromatic heterocycles. The largest absolute Gasteiger partial charge is 0.379 e. The van der Waals surface area contributed by atoms with Crippen molar-refractivity contribution in [2.45, 2.75) is 6.92 Å². The third-order valence-corrected chi connectivity index (χ3v) is 7.55. The molecule has 0 atom stereocenters. The Balaban J connectivity index is 1.40. The van der Waals surface area contributed by atoms with Crippen molar-refractivity contribution in [2.75, 3.05) is 56.7 Å². The maximum Gasteiger partial charge on any atom is 0.266 e. The van der Waals surface area contributed by atoms with Gasteiger partial charge in [0.25, 0.3) is 11.8 Å². The van der Waals surface area contributed by atoms with Gasteiger partial charge in [0.05, 0.1) is 36.4 Å². The summed E-state index contributed by atoms with van der Waals surface area (Å²) in [4.78, 5) is 47.3. The molecule has 0 bridgehead atoms. The number of ether oxygens (including phenoxy) is 1. The molecule has 0 aliphatic carbocycles. The van der Waals surface area contributed by atoms with E-state index in [0.29, 0.717) is 59.2 Å². The maximum absolute atomic E-state index is 13.1. The normalized spacial score (nSPS) is 13.9. The zero-order chi connectivity index (χ0) is 26.6. The molecule has 4 N–H and O–H groups in total. The second kappa shape index (κ2) is 11.2. The number of carbonyl (C=O) groups excluding carboxylic acids is 3. The van der Waals surface area contributed by atoms with Crippen LogP contribution < -0.4 is 15.5 Å². The van der Waals surface area contributed by atoms with E-state index in [9.17, 15) is 14.4 Å². The number of anilines is 2. The molecule has 38 heavy (non-hydrogen) atoms. The van der Waals surface area contributed by atoms with Crippen molar-refractivity contribution in [1.29, 1.82) is 0 Å². The number of aromatic amines is 2. The standard InChI is InChI=1S/C26H29N7O4S/c1-3-27-26(36)23-18-5-4-17(32(2)22(34)15-33-8-10-37-11-9-33)12-19(18)30-24(23)31-25(35)21-7-6-20(38-21)16-13-28-29-14-16/h4-7,12-14,30H,3,8-11,15H2,1-2H3,(H,27,36)(H,28,29)(H,31,35). The van der Waals surface area contributed by atoms with E-state index in [1.54, 1.807) is 42.5 Å². The van der Waals surface area contributed by atoms with Gasteiger partial charge in [0, 0.05) is 59.9 Å². The van der Waals surface area contributed by atoms with Gasteiger partial charge in [0.15, 0.2) is 0 Å². The van der Waals surface area contributed by atoms with Crippen LogP contribution in [0.15, 0.2) is 42.7 Å². The number of likely N-dealkylation sites (N-methyl/N-ethyl adjacent to an activating group) is 1. The zero-order valence-electron chi connectivity index (χ0n) is 21.2. The number of thiophene rings is 1. The Hall–Kier alpha value is -4.00. The molecule has 0 radical (unpaired) electrons. The Morgan fingerprint density at radius 2 is 1.97 bits per heavy atom. The molecule has 0 spiro atoms. The highest BCUT2D eigenvalue weighted by Crippen LogP contribution is 2.32. The number of rotatable bonds is 8. The molecule has 3 amide bonds. The predicted molar refractivity (Wildman–Crippen MR) is 147 cm³/mol. The average Bonchev–Trinajstić information content (AvgIpc) is 3.68. The summed E-state index contributed by atoms with van der Waals surface area (Å²) in [5.41, 5.74) is 2.55. The molecular weight excluding hydrogens is 506 g/mol. The van der Waals surface area contributed by atoms with Crippen molar-refractivity contribution >= 4 is 51.5 Å². The van der Waals surface area contributed by atoms with Crippen molar-refractivity contribution in [1.82, 2.24) is 25.4 Å². The molecule has 5 rings (SSSR count). The number of fused-ring (bicyclic) bond motifs is 1. The molecule has 1 aliphatic heterocycles. The summed E-state index contributed by atoms with van der Waals surface area (Å²) in [6.07, 6.45) is 3.46. The molecule has 4 heterocycles. The van der Waals surface area contributed by atoms with Crippen LogP contribution in [-0.4, -0.2) is 84.2 Å². The highest BCUT2D eigenvalue weighted by molar-refractivity contribution is 7.17. The van der Waals surface area contributed by atoms with Crippen LogP contribution in [0, 0.1) is 0 Å². The van der Waals surface area contributed by atoms with E-state index in [1.165, 1.54) is 11.3 Å². The van der Waals surface area contributed by atoms with E-state index < -0.39 is 0 Å². The summed E-state index contributed by atoms with van der Waals surface area (Å²) in [6, 6.07) is 9.01. The molecule has 0 unspecified atom stereocenters. The zero-order valence-corrected chi connectivity index (χ0v) is 22.0. The number of nitrogens with zero attached hydrogens (tertiary/aromatic N) is 3. The topological polar surface area (TPSA) is 135 Å². The molecule has 12 heteroatoms. The van der Waals surface area contributed by atoms with Crippen LogP contribution >= 0.6 is 11.3 Å². The Kier molecular flexibility index (Phi) is 7.54. The first kappa shape index (κ1) is 25.6. The fourth-order valence-electron chi connectivity index (χ4n) is 4.35. The lowest BCUT2D eigenvalue weighted by molar-refractivity contribution is -0.120. The third-order valence-electron chi connectivity index (χ3n) is 6.42. The number of carbonyl (C=O) groups is 3. The summed E-state index contributed by atoms with van der Waals surface area (Å²) in [7, 11) is 1.73. The molecule has 1 fully saturated rings. The second-order valence-corrected chi connectivity index (χ2v) is 9.99. The third kappa shape index (κ3) is 5.32. The Morgan fingerprint density at radius 3 is 2.71 bits per heavy atom. The second-order valence-electron chi connectivity index (χ2n) is 8.91. The summed E-state index contributed by atoms with van der Waals surface area (Å²) < 4.78 is 5.36. The molecule has 0 saturated carbocycles. The van der Waals surface area contributed by atoms with Crippen LogP contribution in [-0.2, 0) is 9.53 Å². The Labute approximate surface area is 223 Å². The lowest BCUT2D eigenvalue weighted by atomic mass is 10.1. The van der Waals surface area contributed by atoms with Crippen LogP contribution in [0.1, 0.15) is 27.0 Å². The van der Waals surface area contributed by atoms with E-state index in [4.69, 9.17) is 4.74 Å². The summed E-state index contributed by atoms with van der Waals surface area (Å²) in [6.45, 7) is 5.27. The van der Waals surface area contributed by atoms with Crippen LogP contribution in [0.25, 0.3) is 21.3 Å². The molecule has 198 valence electrons. The van der Waals surface area contributed by atoms with Gasteiger partial charge in [-0.1, -0.05) is 0 Å². The number of H-pyrrole nitrogens is 2. The number of benzene rings is 1. The molecule has 1 aromatic carbocycles. The van der Waals surface area contributed by atoms with Crippen LogP contribution in [0.5, 0.6) is 0 Å². The van der Waals surface area contributed by atoms with Gasteiger partial charge in [-0.05, 0) is 37.3 Å². The SMILES string of the molecule is CCNC(=O)c1c(NC(=O)c2ccc(-c3cn[nH]c3)s2)[nH]c2cc(N(C)C(=O)CN3CCOCC3)ccc12. The van der Waals surface area contributed by atoms with E-state index in [1.807, 2.05) is 19.1 Å². The predicted octanol–water partition coefficient (Wildman–Crippen LogP) is 2.92. The van der Waals surface area contributed by atoms with E-state index in [2.05, 4.69) is 30.7 Å². The van der Waals surface area contributed by atoms with Gasteiger partial charge in [-0.2, -0.15) is 5.10 Å². The molecule has 4 aromatic rings. The van der Waals surface area contributed by atoms with E-state index in [-0.39, 0.29) is 17.7 Å². The van der Waals surface area contributed by atoms with Gasteiger partial charge in [0.1, 0.15) is 5.82 Å². The van der Waals surface area contributed by atoms with Crippen molar-refractivity contribution < 1.29 is 19.1 Å². The van der Waals surface area contributed by atoms with Crippen molar-refractivity contribution in [3.63, 3.8) is 0 Å². The minimum Gasteiger partial charge on any atom is -0.379 e. The first-order valence-electron chi connectivity index (χ1n) is 12.4. The lowest BCUT2D eigenvalue weighted by Gasteiger charge is -2.28. The summed E-state index contributed by atoms with van der Waals surface area (Å²) >= 11 is 1.33. The van der Waals surface area contributed by atoms with Gasteiger partial charge in [-0.3, -0.25) is 24.4 Å². The lowest BCUT2D eigenvalue weighted by Crippen LogP contribution is -2.43. The van der Waals surface area contributed by atoms with E-state index >= 15 is 0 Å². The summed E-state index contributed by atoms with van der Waals surface area (Å²) in [5.74, 6) is -0.376. The van der Waals surface area contributed by atoms with Crippen LogP contribution in [0.4, 0.5) is 11.5 Å². The van der Waals surface area contributed by atoms with Gasteiger partial charge in [-0.15, -0.1) is 11.3 Å². The molecule has 1 saturated heterocycles. The highest BCUT2D eigenvalue weighted by atomic mass is 32.1. The number of hydrogen-bond acceptors (Lipinski definition) is 7.